The lowest BCUT2D eigenvalue weighted by atomic mass is 10.2. The maximum atomic E-state index is 12.5. The van der Waals surface area contributed by atoms with Crippen LogP contribution in [0, 0.1) is 6.92 Å². The molecule has 10 heteroatoms. The molecule has 2 amide bonds. The summed E-state index contributed by atoms with van der Waals surface area (Å²) in [7, 11) is 1.53. The molecule has 24 heavy (non-hydrogen) atoms. The minimum Gasteiger partial charge on any atom is -0.440 e. The van der Waals surface area contributed by atoms with Gasteiger partial charge in [0.15, 0.2) is 6.61 Å². The van der Waals surface area contributed by atoms with Crippen molar-refractivity contribution in [3.63, 3.8) is 0 Å². The lowest BCUT2D eigenvalue weighted by molar-refractivity contribution is -0.163. The second kappa shape index (κ2) is 7.10. The number of nitrogens with zero attached hydrogens (tertiary/aromatic N) is 3. The number of amides is 2. The molecule has 1 atom stereocenters. The summed E-state index contributed by atoms with van der Waals surface area (Å²) in [6.45, 7) is 0.410. The van der Waals surface area contributed by atoms with Crippen molar-refractivity contribution in [3.8, 4) is 0 Å². The van der Waals surface area contributed by atoms with E-state index in [2.05, 4.69) is 9.89 Å². The van der Waals surface area contributed by atoms with Crippen LogP contribution in [0.1, 0.15) is 24.3 Å². The molecule has 0 aromatic carbocycles. The van der Waals surface area contributed by atoms with Gasteiger partial charge in [0, 0.05) is 19.7 Å². The maximum absolute atomic E-state index is 12.5. The zero-order valence-corrected chi connectivity index (χ0v) is 13.3. The van der Waals surface area contributed by atoms with E-state index in [4.69, 9.17) is 4.52 Å². The lowest BCUT2D eigenvalue weighted by Gasteiger charge is -2.27. The number of likely N-dealkylation sites (tertiary alicyclic amines) is 1. The summed E-state index contributed by atoms with van der Waals surface area (Å²) in [5, 5.41) is 3.78. The van der Waals surface area contributed by atoms with Gasteiger partial charge in [-0.05, 0) is 19.8 Å². The molecule has 1 aliphatic rings. The van der Waals surface area contributed by atoms with Gasteiger partial charge in [-0.1, -0.05) is 5.16 Å². The second-order valence-electron chi connectivity index (χ2n) is 5.64. The normalized spacial score (nSPS) is 17.9. The third kappa shape index (κ3) is 4.62. The van der Waals surface area contributed by atoms with Gasteiger partial charge in [0.2, 0.25) is 5.91 Å². The number of hydrogen-bond acceptors (Lipinski definition) is 5. The summed E-state index contributed by atoms with van der Waals surface area (Å²) in [6, 6.07) is 0.845. The van der Waals surface area contributed by atoms with Gasteiger partial charge in [-0.2, -0.15) is 13.2 Å². The molecule has 134 valence electrons. The first-order valence-electron chi connectivity index (χ1n) is 7.34. The fourth-order valence-corrected chi connectivity index (χ4v) is 2.54. The molecule has 2 rings (SSSR count). The van der Waals surface area contributed by atoms with Crippen LogP contribution < -0.4 is 0 Å². The van der Waals surface area contributed by atoms with E-state index >= 15 is 0 Å². The van der Waals surface area contributed by atoms with Crippen molar-refractivity contribution in [2.45, 2.75) is 38.5 Å². The largest absolute Gasteiger partial charge is 0.440 e. The number of halogens is 3. The smallest absolute Gasteiger partial charge is 0.422 e. The van der Waals surface area contributed by atoms with E-state index in [0.29, 0.717) is 24.3 Å². The summed E-state index contributed by atoms with van der Waals surface area (Å²) >= 11 is 0. The Bertz CT molecular complexity index is 602. The van der Waals surface area contributed by atoms with Crippen LogP contribution in [0.25, 0.3) is 0 Å². The quantitative estimate of drug-likeness (QED) is 0.832. The van der Waals surface area contributed by atoms with E-state index in [-0.39, 0.29) is 19.0 Å². The Labute approximate surface area is 136 Å². The second-order valence-corrected chi connectivity index (χ2v) is 5.64. The van der Waals surface area contributed by atoms with Gasteiger partial charge in [0.05, 0.1) is 6.54 Å². The molecular formula is C14H18F3N3O4. The number of carbonyl (C=O) groups is 2. The van der Waals surface area contributed by atoms with Crippen molar-refractivity contribution in [1.82, 2.24) is 15.0 Å². The Hall–Kier alpha value is -2.26. The Morgan fingerprint density at radius 1 is 1.50 bits per heavy atom. The highest BCUT2D eigenvalue weighted by Gasteiger charge is 2.38. The number of hydrogen-bond donors (Lipinski definition) is 0. The monoisotopic (exact) mass is 349 g/mol. The number of likely N-dealkylation sites (N-methyl/N-ethyl adjacent to an activating group) is 1. The number of carbonyl (C=O) groups excluding carboxylic acids is 2. The van der Waals surface area contributed by atoms with Crippen LogP contribution >= 0.6 is 0 Å². The van der Waals surface area contributed by atoms with Crippen LogP contribution in [0.3, 0.4) is 0 Å². The number of ether oxygens (including phenoxy) is 1. The topological polar surface area (TPSA) is 75.9 Å². The van der Waals surface area contributed by atoms with Crippen LogP contribution in [0.15, 0.2) is 10.6 Å². The molecule has 0 saturated carbocycles. The predicted molar refractivity (Wildman–Crippen MR) is 74.8 cm³/mol. The van der Waals surface area contributed by atoms with Crippen molar-refractivity contribution < 1.29 is 32.0 Å². The Kier molecular flexibility index (Phi) is 5.35. The molecule has 0 bridgehead atoms. The highest BCUT2D eigenvalue weighted by molar-refractivity contribution is 5.86. The van der Waals surface area contributed by atoms with Gasteiger partial charge in [-0.3, -0.25) is 9.69 Å². The van der Waals surface area contributed by atoms with Crippen LogP contribution in [0.5, 0.6) is 0 Å². The molecular weight excluding hydrogens is 331 g/mol. The van der Waals surface area contributed by atoms with E-state index in [9.17, 15) is 22.8 Å². The molecule has 2 heterocycles. The molecule has 7 nitrogen and oxygen atoms in total. The van der Waals surface area contributed by atoms with E-state index in [0.717, 1.165) is 4.90 Å². The molecule has 1 saturated heterocycles. The van der Waals surface area contributed by atoms with Crippen LogP contribution in [0.4, 0.5) is 18.0 Å². The SMILES string of the molecule is Cc1cc(CN(C)C(=O)[C@H]2CCCN2C(=O)OCC(F)(F)F)no1. The molecule has 0 unspecified atom stereocenters. The average molecular weight is 349 g/mol. The van der Waals surface area contributed by atoms with Crippen molar-refractivity contribution in [2.75, 3.05) is 20.2 Å². The first-order valence-corrected chi connectivity index (χ1v) is 7.34. The zero-order chi connectivity index (χ0) is 17.9. The Morgan fingerprint density at radius 3 is 2.79 bits per heavy atom. The van der Waals surface area contributed by atoms with Gasteiger partial charge >= 0.3 is 12.3 Å². The summed E-state index contributed by atoms with van der Waals surface area (Å²) in [4.78, 5) is 26.7. The molecule has 0 aliphatic carbocycles. The zero-order valence-electron chi connectivity index (χ0n) is 13.3. The number of rotatable bonds is 4. The number of aromatic nitrogens is 1. The summed E-state index contributed by atoms with van der Waals surface area (Å²) in [6.07, 6.45) is -4.83. The van der Waals surface area contributed by atoms with Crippen molar-refractivity contribution >= 4 is 12.0 Å². The van der Waals surface area contributed by atoms with E-state index in [1.54, 1.807) is 13.0 Å². The summed E-state index contributed by atoms with van der Waals surface area (Å²) in [5.41, 5.74) is 0.549. The highest BCUT2D eigenvalue weighted by Crippen LogP contribution is 2.22. The summed E-state index contributed by atoms with van der Waals surface area (Å²) in [5.74, 6) is 0.223. The number of aryl methyl sites for hydroxylation is 1. The molecule has 1 aliphatic heterocycles. The van der Waals surface area contributed by atoms with Gasteiger partial charge in [-0.15, -0.1) is 0 Å². The minimum atomic E-state index is -4.60. The number of alkyl halides is 3. The molecule has 0 spiro atoms. The highest BCUT2D eigenvalue weighted by atomic mass is 19.4. The third-order valence-electron chi connectivity index (χ3n) is 3.58. The maximum Gasteiger partial charge on any atom is 0.422 e. The fourth-order valence-electron chi connectivity index (χ4n) is 2.54. The van der Waals surface area contributed by atoms with E-state index < -0.39 is 24.9 Å². The molecule has 1 aromatic heterocycles. The molecule has 1 fully saturated rings. The minimum absolute atomic E-state index is 0.179. The Balaban J connectivity index is 1.95. The van der Waals surface area contributed by atoms with Gasteiger partial charge < -0.3 is 14.2 Å². The van der Waals surface area contributed by atoms with Crippen molar-refractivity contribution in [2.24, 2.45) is 0 Å². The van der Waals surface area contributed by atoms with E-state index in [1.165, 1.54) is 11.9 Å². The molecule has 0 N–H and O–H groups in total. The fraction of sp³-hybridized carbons (Fsp3) is 0.643. The standard InChI is InChI=1S/C14H18F3N3O4/c1-9-6-10(18-24-9)7-19(2)12(21)11-4-3-5-20(11)13(22)23-8-14(15,16)17/h6,11H,3-5,7-8H2,1-2H3/t11-/m1/s1. The first kappa shape index (κ1) is 18.1. The molecule has 1 aromatic rings. The predicted octanol–water partition coefficient (Wildman–Crippen LogP) is 2.10. The van der Waals surface area contributed by atoms with Gasteiger partial charge in [-0.25, -0.2) is 4.79 Å². The first-order chi connectivity index (χ1) is 11.2. The van der Waals surface area contributed by atoms with Crippen LogP contribution in [-0.4, -0.2) is 59.4 Å². The van der Waals surface area contributed by atoms with Crippen LogP contribution in [0.2, 0.25) is 0 Å². The van der Waals surface area contributed by atoms with Gasteiger partial charge in [0.1, 0.15) is 17.5 Å². The average Bonchev–Trinajstić information content (AvgIpc) is 3.12. The Morgan fingerprint density at radius 2 is 2.21 bits per heavy atom. The lowest BCUT2D eigenvalue weighted by Crippen LogP contribution is -2.47. The van der Waals surface area contributed by atoms with Crippen molar-refractivity contribution in [1.29, 1.82) is 0 Å². The van der Waals surface area contributed by atoms with Crippen molar-refractivity contribution in [3.05, 3.63) is 17.5 Å². The molecule has 0 radical (unpaired) electrons. The van der Waals surface area contributed by atoms with E-state index in [1.807, 2.05) is 0 Å². The van der Waals surface area contributed by atoms with Gasteiger partial charge in [0.25, 0.3) is 0 Å². The summed E-state index contributed by atoms with van der Waals surface area (Å²) < 4.78 is 45.6. The van der Waals surface area contributed by atoms with Crippen LogP contribution in [-0.2, 0) is 16.1 Å². The third-order valence-corrected chi connectivity index (χ3v) is 3.58.